The average Bonchev–Trinajstić information content (AvgIpc) is 3.15. The largest absolute Gasteiger partial charge is 0.335 e. The van der Waals surface area contributed by atoms with Gasteiger partial charge in [0, 0.05) is 11.5 Å². The summed E-state index contributed by atoms with van der Waals surface area (Å²) in [6.45, 7) is 6.30. The lowest BCUT2D eigenvalue weighted by Crippen LogP contribution is -2.24. The van der Waals surface area contributed by atoms with Crippen LogP contribution in [0.1, 0.15) is 48.2 Å². The molecule has 0 radical (unpaired) electrons. The van der Waals surface area contributed by atoms with Crippen molar-refractivity contribution in [1.82, 2.24) is 20.6 Å². The number of nitrogens with one attached hydrogen (secondary N) is 1. The molecule has 3 aromatic rings. The maximum atomic E-state index is 12.9. The van der Waals surface area contributed by atoms with Gasteiger partial charge in [-0.15, -0.1) is 0 Å². The van der Waals surface area contributed by atoms with E-state index >= 15 is 0 Å². The maximum Gasteiger partial charge on any atom is 0.232 e. The first kappa shape index (κ1) is 17.8. The van der Waals surface area contributed by atoms with E-state index in [9.17, 15) is 4.79 Å². The van der Waals surface area contributed by atoms with Crippen molar-refractivity contribution in [1.29, 1.82) is 0 Å². The first-order valence-corrected chi connectivity index (χ1v) is 8.68. The van der Waals surface area contributed by atoms with Gasteiger partial charge in [-0.25, -0.2) is 0 Å². The van der Waals surface area contributed by atoms with Gasteiger partial charge in [-0.05, 0) is 48.1 Å². The van der Waals surface area contributed by atoms with Gasteiger partial charge in [0.25, 0.3) is 0 Å². The van der Waals surface area contributed by atoms with E-state index in [1.54, 1.807) is 0 Å². The number of anilines is 1. The second kappa shape index (κ2) is 7.91. The Kier molecular flexibility index (Phi) is 5.41. The lowest BCUT2D eigenvalue weighted by Gasteiger charge is -2.18. The molecule has 0 spiro atoms. The average molecular weight is 348 g/mol. The molecule has 2 aromatic carbocycles. The SMILES string of the molecule is Cc1ccccc1C[C@@H](C(=O)Nc1ccc(C(C)C)cc1)c1nnn[n-]1. The van der Waals surface area contributed by atoms with Crippen molar-refractivity contribution in [2.24, 2.45) is 0 Å². The molecule has 0 aliphatic heterocycles. The van der Waals surface area contributed by atoms with Crippen molar-refractivity contribution in [3.8, 4) is 0 Å². The Morgan fingerprint density at radius 3 is 2.46 bits per heavy atom. The van der Waals surface area contributed by atoms with E-state index in [2.05, 4.69) is 39.8 Å². The number of aryl methyl sites for hydroxylation is 1. The maximum absolute atomic E-state index is 12.9. The van der Waals surface area contributed by atoms with Crippen molar-refractivity contribution in [2.75, 3.05) is 5.32 Å². The molecule has 1 atom stereocenters. The molecule has 6 nitrogen and oxygen atoms in total. The quantitative estimate of drug-likeness (QED) is 0.739. The second-order valence-corrected chi connectivity index (χ2v) is 6.69. The number of rotatable bonds is 6. The van der Waals surface area contributed by atoms with Crippen LogP contribution in [-0.4, -0.2) is 21.4 Å². The number of benzene rings is 2. The van der Waals surface area contributed by atoms with Gasteiger partial charge in [0.05, 0.1) is 5.92 Å². The number of tetrazole rings is 1. The molecule has 1 heterocycles. The monoisotopic (exact) mass is 348 g/mol. The molecule has 1 aromatic heterocycles. The molecule has 0 saturated heterocycles. The molecule has 1 amide bonds. The third-order valence-electron chi connectivity index (χ3n) is 4.49. The van der Waals surface area contributed by atoms with Gasteiger partial charge in [-0.2, -0.15) is 5.21 Å². The molecule has 0 bridgehead atoms. The lowest BCUT2D eigenvalue weighted by molar-refractivity contribution is -0.117. The Labute approximate surface area is 153 Å². The van der Waals surface area contributed by atoms with Gasteiger partial charge >= 0.3 is 0 Å². The fourth-order valence-corrected chi connectivity index (χ4v) is 2.83. The van der Waals surface area contributed by atoms with Crippen LogP contribution in [0.15, 0.2) is 48.5 Å². The predicted octanol–water partition coefficient (Wildman–Crippen LogP) is 3.23. The highest BCUT2D eigenvalue weighted by atomic mass is 16.1. The highest BCUT2D eigenvalue weighted by Gasteiger charge is 2.21. The minimum absolute atomic E-state index is 0.166. The van der Waals surface area contributed by atoms with E-state index < -0.39 is 5.92 Å². The number of hydrogen-bond acceptors (Lipinski definition) is 4. The van der Waals surface area contributed by atoms with Crippen LogP contribution in [0.2, 0.25) is 0 Å². The second-order valence-electron chi connectivity index (χ2n) is 6.69. The summed E-state index contributed by atoms with van der Waals surface area (Å²) in [6, 6.07) is 15.9. The van der Waals surface area contributed by atoms with E-state index in [4.69, 9.17) is 0 Å². The molecule has 1 N–H and O–H groups in total. The number of amides is 1. The van der Waals surface area contributed by atoms with Gasteiger partial charge < -0.3 is 10.4 Å². The number of carbonyl (C=O) groups excluding carboxylic acids is 1. The summed E-state index contributed by atoms with van der Waals surface area (Å²) in [4.78, 5) is 12.9. The first-order chi connectivity index (χ1) is 12.5. The summed E-state index contributed by atoms with van der Waals surface area (Å²) in [5.74, 6) is 0.0733. The third kappa shape index (κ3) is 4.14. The molecular formula is C20H22N5O-. The van der Waals surface area contributed by atoms with E-state index in [-0.39, 0.29) is 5.91 Å². The summed E-state index contributed by atoms with van der Waals surface area (Å²) in [6.07, 6.45) is 0.496. The topological polar surface area (TPSA) is 81.9 Å². The summed E-state index contributed by atoms with van der Waals surface area (Å²) in [7, 11) is 0. The van der Waals surface area contributed by atoms with Crippen molar-refractivity contribution < 1.29 is 4.79 Å². The lowest BCUT2D eigenvalue weighted by atomic mass is 9.94. The van der Waals surface area contributed by atoms with Crippen LogP contribution in [0.25, 0.3) is 0 Å². The van der Waals surface area contributed by atoms with Crippen LogP contribution in [0.5, 0.6) is 0 Å². The number of carbonyl (C=O) groups is 1. The molecule has 0 fully saturated rings. The van der Waals surface area contributed by atoms with E-state index in [0.29, 0.717) is 18.2 Å². The number of nitrogens with zero attached hydrogens (tertiary/aromatic N) is 4. The zero-order valence-corrected chi connectivity index (χ0v) is 15.2. The molecule has 0 aliphatic carbocycles. The van der Waals surface area contributed by atoms with Gasteiger partial charge in [0.2, 0.25) is 5.91 Å². The standard InChI is InChI=1S/C20H23N5O/c1-13(2)15-8-10-17(11-9-15)21-20(26)18(19-22-24-25-23-19)12-16-7-5-4-6-14(16)3/h4-11,13,18H,12H2,1-3H3,(H2,21,22,23,24,25,26)/p-1/t18-/m1/s1. The smallest absolute Gasteiger partial charge is 0.232 e. The highest BCUT2D eigenvalue weighted by Crippen LogP contribution is 2.22. The van der Waals surface area contributed by atoms with Crippen molar-refractivity contribution in [3.05, 3.63) is 71.0 Å². The predicted molar refractivity (Wildman–Crippen MR) is 99.9 cm³/mol. The number of aromatic nitrogens is 4. The molecule has 0 aliphatic rings. The Morgan fingerprint density at radius 1 is 1.12 bits per heavy atom. The normalized spacial score (nSPS) is 12.2. The van der Waals surface area contributed by atoms with Crippen LogP contribution < -0.4 is 10.4 Å². The number of hydrogen-bond donors (Lipinski definition) is 1. The van der Waals surface area contributed by atoms with Gasteiger partial charge in [-0.1, -0.05) is 50.2 Å². The van der Waals surface area contributed by atoms with Crippen LogP contribution >= 0.6 is 0 Å². The first-order valence-electron chi connectivity index (χ1n) is 8.68. The Bertz CT molecular complexity index is 856. The third-order valence-corrected chi connectivity index (χ3v) is 4.49. The van der Waals surface area contributed by atoms with E-state index in [0.717, 1.165) is 16.8 Å². The zero-order valence-electron chi connectivity index (χ0n) is 15.2. The highest BCUT2D eigenvalue weighted by molar-refractivity contribution is 5.95. The fourth-order valence-electron chi connectivity index (χ4n) is 2.83. The molecule has 0 unspecified atom stereocenters. The molecule has 6 heteroatoms. The van der Waals surface area contributed by atoms with Crippen LogP contribution in [-0.2, 0) is 11.2 Å². The fraction of sp³-hybridized carbons (Fsp3) is 0.300. The molecule has 26 heavy (non-hydrogen) atoms. The molecular weight excluding hydrogens is 326 g/mol. The van der Waals surface area contributed by atoms with Crippen LogP contribution in [0, 0.1) is 6.92 Å². The van der Waals surface area contributed by atoms with Crippen molar-refractivity contribution in [2.45, 2.75) is 39.0 Å². The van der Waals surface area contributed by atoms with Crippen LogP contribution in [0.3, 0.4) is 0 Å². The summed E-state index contributed by atoms with van der Waals surface area (Å²) < 4.78 is 0. The Balaban J connectivity index is 1.80. The summed E-state index contributed by atoms with van der Waals surface area (Å²) in [5, 5.41) is 17.9. The minimum atomic E-state index is -0.545. The summed E-state index contributed by atoms with van der Waals surface area (Å²) in [5.41, 5.74) is 4.18. The van der Waals surface area contributed by atoms with Gasteiger partial charge in [0.15, 0.2) is 0 Å². The van der Waals surface area contributed by atoms with Crippen molar-refractivity contribution in [3.63, 3.8) is 0 Å². The van der Waals surface area contributed by atoms with E-state index in [1.165, 1.54) is 5.56 Å². The van der Waals surface area contributed by atoms with Gasteiger partial charge in [0.1, 0.15) is 0 Å². The Morgan fingerprint density at radius 2 is 1.85 bits per heavy atom. The molecule has 134 valence electrons. The molecule has 3 rings (SSSR count). The minimum Gasteiger partial charge on any atom is -0.335 e. The summed E-state index contributed by atoms with van der Waals surface area (Å²) >= 11 is 0. The zero-order chi connectivity index (χ0) is 18.5. The van der Waals surface area contributed by atoms with Gasteiger partial charge in [-0.3, -0.25) is 15.1 Å². The van der Waals surface area contributed by atoms with Crippen LogP contribution in [0.4, 0.5) is 5.69 Å². The Hall–Kier alpha value is -3.02. The van der Waals surface area contributed by atoms with Crippen molar-refractivity contribution >= 4 is 11.6 Å². The van der Waals surface area contributed by atoms with E-state index in [1.807, 2.05) is 55.5 Å². The molecule has 0 saturated carbocycles.